The fourth-order valence-corrected chi connectivity index (χ4v) is 6.17. The van der Waals surface area contributed by atoms with Crippen LogP contribution in [-0.4, -0.2) is 52.1 Å². The molecular weight excluding hydrogens is 520 g/mol. The molecule has 12 heteroatoms. The van der Waals surface area contributed by atoms with Gasteiger partial charge in [0.05, 0.1) is 38.8 Å². The molecule has 0 aliphatic carbocycles. The largest absolute Gasteiger partial charge is 0.503 e. The van der Waals surface area contributed by atoms with Crippen LogP contribution < -0.4 is 0 Å². The van der Waals surface area contributed by atoms with Crippen LogP contribution in [0.3, 0.4) is 0 Å². The molecule has 5 aromatic rings. The van der Waals surface area contributed by atoms with Crippen molar-refractivity contribution in [2.75, 3.05) is 6.54 Å². The minimum atomic E-state index is -0.904. The number of non-ortho nitro benzene ring substituents is 1. The van der Waals surface area contributed by atoms with E-state index in [1.807, 2.05) is 46.4 Å². The number of nitro benzene ring substituents is 1. The van der Waals surface area contributed by atoms with Crippen molar-refractivity contribution in [3.63, 3.8) is 0 Å². The number of nitrogens with zero attached hydrogens (tertiary/aromatic N) is 6. The Morgan fingerprint density at radius 1 is 1.15 bits per heavy atom. The summed E-state index contributed by atoms with van der Waals surface area (Å²) in [6, 6.07) is 12.4. The van der Waals surface area contributed by atoms with Crippen LogP contribution in [0.25, 0.3) is 16.0 Å². The zero-order chi connectivity index (χ0) is 27.3. The number of aliphatic hydroxyl groups excluding tert-OH is 1. The molecule has 0 saturated heterocycles. The second kappa shape index (κ2) is 9.48. The lowest BCUT2D eigenvalue weighted by molar-refractivity contribution is -0.384. The Kier molecular flexibility index (Phi) is 5.95. The van der Waals surface area contributed by atoms with Gasteiger partial charge >= 0.3 is 0 Å². The van der Waals surface area contributed by atoms with Gasteiger partial charge in [-0.05, 0) is 43.2 Å². The Balaban J connectivity index is 1.40. The summed E-state index contributed by atoms with van der Waals surface area (Å²) >= 11 is 1.20. The van der Waals surface area contributed by atoms with Crippen molar-refractivity contribution in [1.82, 2.24) is 23.8 Å². The van der Waals surface area contributed by atoms with Crippen LogP contribution in [0.15, 0.2) is 78.6 Å². The maximum Gasteiger partial charge on any atom is 0.290 e. The second-order valence-electron chi connectivity index (χ2n) is 9.23. The van der Waals surface area contributed by atoms with E-state index in [4.69, 9.17) is 0 Å². The summed E-state index contributed by atoms with van der Waals surface area (Å²) in [5, 5.41) is 22.3. The molecule has 2 aromatic carbocycles. The first kappa shape index (κ1) is 24.5. The lowest BCUT2D eigenvalue weighted by Gasteiger charge is -2.27. The van der Waals surface area contributed by atoms with Gasteiger partial charge in [-0.15, -0.1) is 0 Å². The number of ketones is 1. The number of imidazole rings is 2. The maximum absolute atomic E-state index is 14.0. The number of benzene rings is 2. The molecule has 0 bridgehead atoms. The second-order valence-corrected chi connectivity index (χ2v) is 10.2. The highest BCUT2D eigenvalue weighted by molar-refractivity contribution is 7.19. The molecule has 0 saturated carbocycles. The number of fused-ring (bicyclic) bond motifs is 3. The normalized spacial score (nSPS) is 15.7. The van der Waals surface area contributed by atoms with Gasteiger partial charge in [0.25, 0.3) is 11.6 Å². The molecule has 11 nitrogen and oxygen atoms in total. The number of carbonyl (C=O) groups is 2. The number of Topliss-reactive ketones (excluding diaryl/α,β-unsaturated/α-hetero) is 1. The fraction of sp³-hybridized carbons (Fsp3) is 0.185. The van der Waals surface area contributed by atoms with Crippen molar-refractivity contribution in [1.29, 1.82) is 0 Å². The number of aliphatic hydroxyl groups is 1. The number of nitro groups is 1. The van der Waals surface area contributed by atoms with E-state index < -0.39 is 28.4 Å². The average Bonchev–Trinajstić information content (AvgIpc) is 3.70. The van der Waals surface area contributed by atoms with Crippen LogP contribution in [0.2, 0.25) is 0 Å². The summed E-state index contributed by atoms with van der Waals surface area (Å²) in [5.41, 5.74) is 2.65. The number of aryl methyl sites for hydroxylation is 2. The maximum atomic E-state index is 14.0. The van der Waals surface area contributed by atoms with E-state index in [1.54, 1.807) is 12.5 Å². The van der Waals surface area contributed by atoms with Crippen LogP contribution in [0.1, 0.15) is 33.4 Å². The first-order valence-electron chi connectivity index (χ1n) is 12.2. The molecule has 0 spiro atoms. The molecular formula is C27H22N6O5S. The highest BCUT2D eigenvalue weighted by atomic mass is 32.1. The third-order valence-electron chi connectivity index (χ3n) is 6.94. The highest BCUT2D eigenvalue weighted by Gasteiger charge is 2.44. The summed E-state index contributed by atoms with van der Waals surface area (Å²) in [5.74, 6) is -1.74. The molecule has 6 rings (SSSR count). The average molecular weight is 543 g/mol. The number of aromatic nitrogens is 4. The first-order chi connectivity index (χ1) is 18.8. The van der Waals surface area contributed by atoms with Crippen LogP contribution in [0.5, 0.6) is 0 Å². The summed E-state index contributed by atoms with van der Waals surface area (Å²) < 4.78 is 3.77. The highest BCUT2D eigenvalue weighted by Crippen LogP contribution is 2.41. The van der Waals surface area contributed by atoms with E-state index >= 15 is 0 Å². The Bertz CT molecular complexity index is 1780. The van der Waals surface area contributed by atoms with Crippen molar-refractivity contribution >= 4 is 44.7 Å². The number of hydrogen-bond donors (Lipinski definition) is 1. The number of carbonyl (C=O) groups excluding carboxylic acids is 2. The zero-order valence-electron chi connectivity index (χ0n) is 20.7. The molecule has 1 N–H and O–H groups in total. The van der Waals surface area contributed by atoms with Gasteiger partial charge in [-0.1, -0.05) is 23.5 Å². The summed E-state index contributed by atoms with van der Waals surface area (Å²) in [6.45, 7) is 2.63. The standard InChI is InChI=1S/C27H22N6O5S/c1-16-25(39-27-29-19-5-2-3-6-20(19)32(16)27)23(34)21-22(17-7-9-18(10-8-17)33(37)38)31(26(36)24(21)35)13-4-12-30-14-11-28-15-30/h2-3,5-11,14-15,22,35H,4,12-13H2,1H3. The van der Waals surface area contributed by atoms with Crippen LogP contribution in [0, 0.1) is 17.0 Å². The van der Waals surface area contributed by atoms with Crippen LogP contribution in [0.4, 0.5) is 5.69 Å². The molecule has 39 heavy (non-hydrogen) atoms. The van der Waals surface area contributed by atoms with Crippen molar-refractivity contribution in [3.05, 3.63) is 105 Å². The lowest BCUT2D eigenvalue weighted by Crippen LogP contribution is -2.32. The van der Waals surface area contributed by atoms with Crippen molar-refractivity contribution in [3.8, 4) is 0 Å². The topological polar surface area (TPSA) is 136 Å². The molecule has 1 aliphatic heterocycles. The van der Waals surface area contributed by atoms with Gasteiger partial charge in [0, 0.05) is 43.3 Å². The van der Waals surface area contributed by atoms with Crippen LogP contribution in [-0.2, 0) is 11.3 Å². The molecule has 4 heterocycles. The van der Waals surface area contributed by atoms with Crippen molar-refractivity contribution in [2.45, 2.75) is 25.9 Å². The number of thiazole rings is 1. The zero-order valence-corrected chi connectivity index (χ0v) is 21.5. The van der Waals surface area contributed by atoms with E-state index in [-0.39, 0.29) is 17.8 Å². The van der Waals surface area contributed by atoms with Crippen LogP contribution >= 0.6 is 11.3 Å². The SMILES string of the molecule is Cc1c(C(=O)C2=C(O)C(=O)N(CCCn3ccnc3)C2c2ccc([N+](=O)[O-])cc2)sc2nc3ccccc3n12. The number of rotatable bonds is 8. The number of hydrogen-bond acceptors (Lipinski definition) is 8. The van der Waals surface area contributed by atoms with E-state index in [0.717, 1.165) is 11.0 Å². The van der Waals surface area contributed by atoms with Gasteiger partial charge in [0.15, 0.2) is 10.7 Å². The minimum Gasteiger partial charge on any atom is -0.503 e. The predicted octanol–water partition coefficient (Wildman–Crippen LogP) is 4.63. The molecule has 1 aliphatic rings. The van der Waals surface area contributed by atoms with Gasteiger partial charge in [0.1, 0.15) is 0 Å². The third-order valence-corrected chi connectivity index (χ3v) is 8.08. The fourth-order valence-electron chi connectivity index (χ4n) is 5.08. The van der Waals surface area contributed by atoms with Crippen molar-refractivity contribution in [2.24, 2.45) is 0 Å². The van der Waals surface area contributed by atoms with Crippen molar-refractivity contribution < 1.29 is 19.6 Å². The first-order valence-corrected chi connectivity index (χ1v) is 13.0. The van der Waals surface area contributed by atoms with Gasteiger partial charge in [-0.25, -0.2) is 9.97 Å². The lowest BCUT2D eigenvalue weighted by atomic mass is 9.94. The monoisotopic (exact) mass is 542 g/mol. The molecule has 0 radical (unpaired) electrons. The molecule has 1 amide bonds. The van der Waals surface area contributed by atoms with Gasteiger partial charge in [-0.3, -0.25) is 24.1 Å². The van der Waals surface area contributed by atoms with Gasteiger partial charge in [0.2, 0.25) is 5.78 Å². The predicted molar refractivity (Wildman–Crippen MR) is 144 cm³/mol. The summed E-state index contributed by atoms with van der Waals surface area (Å²) in [7, 11) is 0. The van der Waals surface area contributed by atoms with E-state index in [0.29, 0.717) is 34.1 Å². The smallest absolute Gasteiger partial charge is 0.290 e. The minimum absolute atomic E-state index is 0.0478. The molecule has 3 aromatic heterocycles. The Hall–Kier alpha value is -4.84. The molecule has 0 fully saturated rings. The Morgan fingerprint density at radius 3 is 2.64 bits per heavy atom. The summed E-state index contributed by atoms with van der Waals surface area (Å²) in [6.07, 6.45) is 5.68. The number of para-hydroxylation sites is 2. The van der Waals surface area contributed by atoms with E-state index in [9.17, 15) is 24.8 Å². The third kappa shape index (κ3) is 4.05. The number of amides is 1. The summed E-state index contributed by atoms with van der Waals surface area (Å²) in [4.78, 5) is 49.2. The van der Waals surface area contributed by atoms with Gasteiger partial charge in [-0.2, -0.15) is 0 Å². The molecule has 196 valence electrons. The quantitative estimate of drug-likeness (QED) is 0.171. The Morgan fingerprint density at radius 2 is 1.92 bits per heavy atom. The Labute approximate surface area is 225 Å². The molecule has 1 atom stereocenters. The van der Waals surface area contributed by atoms with E-state index in [2.05, 4.69) is 9.97 Å². The molecule has 1 unspecified atom stereocenters. The van der Waals surface area contributed by atoms with E-state index in [1.165, 1.54) is 40.5 Å². The van der Waals surface area contributed by atoms with Gasteiger partial charge < -0.3 is 14.6 Å².